The quantitative estimate of drug-likeness (QED) is 0.548. The van der Waals surface area contributed by atoms with Crippen LogP contribution in [0.2, 0.25) is 0 Å². The molecule has 0 atom stereocenters. The van der Waals surface area contributed by atoms with Gasteiger partial charge in [-0.1, -0.05) is 6.42 Å². The molecular formula is C23H24N2O4. The fourth-order valence-corrected chi connectivity index (χ4v) is 4.17. The lowest BCUT2D eigenvalue weighted by Gasteiger charge is -2.26. The Balaban J connectivity index is 1.46. The maximum atomic E-state index is 13.1. The maximum absolute atomic E-state index is 13.1. The van der Waals surface area contributed by atoms with Crippen LogP contribution in [0.1, 0.15) is 19.3 Å². The monoisotopic (exact) mass is 392 g/mol. The van der Waals surface area contributed by atoms with Crippen LogP contribution in [0, 0.1) is 0 Å². The normalized spacial score (nSPS) is 15.3. The zero-order valence-electron chi connectivity index (χ0n) is 16.5. The molecule has 0 unspecified atom stereocenters. The van der Waals surface area contributed by atoms with Crippen LogP contribution < -0.4 is 14.9 Å². The van der Waals surface area contributed by atoms with Crippen molar-refractivity contribution >= 4 is 33.0 Å². The molecule has 1 aliphatic rings. The topological polar surface area (TPSA) is 67.7 Å². The van der Waals surface area contributed by atoms with Gasteiger partial charge in [0.1, 0.15) is 23.7 Å². The zero-order valence-corrected chi connectivity index (χ0v) is 16.5. The zero-order chi connectivity index (χ0) is 19.8. The third-order valence-corrected chi connectivity index (χ3v) is 5.73. The highest BCUT2D eigenvalue weighted by Gasteiger charge is 2.15. The van der Waals surface area contributed by atoms with Crippen molar-refractivity contribution in [1.29, 1.82) is 0 Å². The lowest BCUT2D eigenvalue weighted by Crippen LogP contribution is -2.33. The molecule has 29 heavy (non-hydrogen) atoms. The molecule has 2 aromatic heterocycles. The minimum atomic E-state index is -0.0440. The van der Waals surface area contributed by atoms with Crippen molar-refractivity contribution < 1.29 is 13.9 Å². The van der Waals surface area contributed by atoms with Crippen LogP contribution in [0.25, 0.3) is 33.0 Å². The molecule has 1 N–H and O–H groups in total. The summed E-state index contributed by atoms with van der Waals surface area (Å²) in [5.41, 5.74) is 1.76. The van der Waals surface area contributed by atoms with E-state index in [0.29, 0.717) is 28.7 Å². The van der Waals surface area contributed by atoms with Crippen LogP contribution in [0.15, 0.2) is 45.6 Å². The highest BCUT2D eigenvalue weighted by molar-refractivity contribution is 6.08. The molecule has 1 fully saturated rings. The van der Waals surface area contributed by atoms with Crippen LogP contribution in [0.5, 0.6) is 11.5 Å². The fourth-order valence-electron chi connectivity index (χ4n) is 4.17. The van der Waals surface area contributed by atoms with Gasteiger partial charge >= 0.3 is 0 Å². The number of hydrogen-bond acceptors (Lipinski definition) is 5. The van der Waals surface area contributed by atoms with Crippen molar-refractivity contribution in [3.05, 3.63) is 46.6 Å². The van der Waals surface area contributed by atoms with Gasteiger partial charge in [0.05, 0.1) is 23.4 Å². The van der Waals surface area contributed by atoms with E-state index >= 15 is 0 Å². The Kier molecular flexibility index (Phi) is 4.64. The SMILES string of the molecule is COc1ccc2c(c1)[nH]c1oc3cc(OCCN4CCCCC4)ccc3c(=O)c12. The van der Waals surface area contributed by atoms with Gasteiger partial charge in [-0.3, -0.25) is 9.69 Å². The summed E-state index contributed by atoms with van der Waals surface area (Å²) in [6.07, 6.45) is 3.87. The molecule has 0 saturated carbocycles. The van der Waals surface area contributed by atoms with Crippen LogP contribution in [0.4, 0.5) is 0 Å². The summed E-state index contributed by atoms with van der Waals surface area (Å²) in [5.74, 6) is 1.44. The van der Waals surface area contributed by atoms with Crippen molar-refractivity contribution in [2.75, 3.05) is 33.4 Å². The second-order valence-corrected chi connectivity index (χ2v) is 7.58. The van der Waals surface area contributed by atoms with Crippen LogP contribution in [-0.4, -0.2) is 43.2 Å². The molecular weight excluding hydrogens is 368 g/mol. The predicted molar refractivity (Wildman–Crippen MR) is 114 cm³/mol. The largest absolute Gasteiger partial charge is 0.497 e. The average Bonchev–Trinajstić information content (AvgIpc) is 3.12. The summed E-state index contributed by atoms with van der Waals surface area (Å²) >= 11 is 0. The number of nitrogens with zero attached hydrogens (tertiary/aromatic N) is 1. The molecule has 0 amide bonds. The number of H-pyrrole nitrogens is 1. The Morgan fingerprint density at radius 3 is 2.66 bits per heavy atom. The van der Waals surface area contributed by atoms with Gasteiger partial charge in [0.2, 0.25) is 11.1 Å². The van der Waals surface area contributed by atoms with E-state index in [9.17, 15) is 4.79 Å². The van der Waals surface area contributed by atoms with Gasteiger partial charge in [0.15, 0.2) is 0 Å². The summed E-state index contributed by atoms with van der Waals surface area (Å²) in [6, 6.07) is 11.0. The number of likely N-dealkylation sites (tertiary alicyclic amines) is 1. The molecule has 6 heteroatoms. The van der Waals surface area contributed by atoms with Gasteiger partial charge < -0.3 is 18.9 Å². The average molecular weight is 392 g/mol. The first-order valence-corrected chi connectivity index (χ1v) is 10.1. The number of fused-ring (bicyclic) bond motifs is 4. The number of aromatic amines is 1. The van der Waals surface area contributed by atoms with E-state index in [4.69, 9.17) is 13.9 Å². The Morgan fingerprint density at radius 2 is 1.83 bits per heavy atom. The summed E-state index contributed by atoms with van der Waals surface area (Å²) in [7, 11) is 1.62. The molecule has 2 aromatic carbocycles. The smallest absolute Gasteiger partial charge is 0.209 e. The Labute approximate surface area is 168 Å². The third kappa shape index (κ3) is 3.34. The number of nitrogens with one attached hydrogen (secondary N) is 1. The molecule has 150 valence electrons. The number of piperidine rings is 1. The van der Waals surface area contributed by atoms with Gasteiger partial charge in [-0.15, -0.1) is 0 Å². The number of hydrogen-bond donors (Lipinski definition) is 1. The number of ether oxygens (including phenoxy) is 2. The van der Waals surface area contributed by atoms with Gasteiger partial charge in [-0.2, -0.15) is 0 Å². The summed E-state index contributed by atoms with van der Waals surface area (Å²) in [4.78, 5) is 18.7. The van der Waals surface area contributed by atoms with Crippen molar-refractivity contribution in [3.8, 4) is 11.5 Å². The lowest BCUT2D eigenvalue weighted by molar-refractivity contribution is 0.183. The highest BCUT2D eigenvalue weighted by atomic mass is 16.5. The number of methoxy groups -OCH3 is 1. The molecule has 1 aliphatic heterocycles. The molecule has 0 aliphatic carbocycles. The van der Waals surface area contributed by atoms with E-state index < -0.39 is 0 Å². The maximum Gasteiger partial charge on any atom is 0.209 e. The summed E-state index contributed by atoms with van der Waals surface area (Å²) in [5, 5.41) is 1.95. The lowest BCUT2D eigenvalue weighted by atomic mass is 10.1. The second kappa shape index (κ2) is 7.44. The minimum Gasteiger partial charge on any atom is -0.497 e. The van der Waals surface area contributed by atoms with Crippen molar-refractivity contribution in [3.63, 3.8) is 0 Å². The Morgan fingerprint density at radius 1 is 1.03 bits per heavy atom. The first-order chi connectivity index (χ1) is 14.2. The molecule has 6 nitrogen and oxygen atoms in total. The van der Waals surface area contributed by atoms with Crippen molar-refractivity contribution in [2.45, 2.75) is 19.3 Å². The standard InChI is InChI=1S/C23H24N2O4/c1-27-15-5-7-17-19(13-15)24-23-21(17)22(26)18-8-6-16(14-20(18)29-23)28-12-11-25-9-3-2-4-10-25/h5-8,13-14,24H,2-4,9-12H2,1H3. The molecule has 0 radical (unpaired) electrons. The first-order valence-electron chi connectivity index (χ1n) is 10.1. The van der Waals surface area contributed by atoms with E-state index in [1.165, 1.54) is 19.3 Å². The number of benzene rings is 2. The molecule has 0 spiro atoms. The first kappa shape index (κ1) is 18.1. The van der Waals surface area contributed by atoms with E-state index in [1.807, 2.05) is 24.3 Å². The number of rotatable bonds is 5. The molecule has 0 bridgehead atoms. The molecule has 3 heterocycles. The van der Waals surface area contributed by atoms with Crippen molar-refractivity contribution in [2.24, 2.45) is 0 Å². The molecule has 1 saturated heterocycles. The minimum absolute atomic E-state index is 0.0440. The van der Waals surface area contributed by atoms with Crippen LogP contribution in [-0.2, 0) is 0 Å². The Hall–Kier alpha value is -2.99. The second-order valence-electron chi connectivity index (χ2n) is 7.58. The van der Waals surface area contributed by atoms with Crippen LogP contribution in [0.3, 0.4) is 0 Å². The van der Waals surface area contributed by atoms with Crippen LogP contribution >= 0.6 is 0 Å². The predicted octanol–water partition coefficient (Wildman–Crippen LogP) is 4.30. The van der Waals surface area contributed by atoms with Gasteiger partial charge in [0.25, 0.3) is 0 Å². The van der Waals surface area contributed by atoms with Gasteiger partial charge in [-0.05, 0) is 50.2 Å². The molecule has 4 aromatic rings. The molecule has 5 rings (SSSR count). The summed E-state index contributed by atoms with van der Waals surface area (Å²) in [6.45, 7) is 3.85. The van der Waals surface area contributed by atoms with Crippen molar-refractivity contribution in [1.82, 2.24) is 9.88 Å². The summed E-state index contributed by atoms with van der Waals surface area (Å²) < 4.78 is 17.2. The third-order valence-electron chi connectivity index (χ3n) is 5.73. The van der Waals surface area contributed by atoms with Gasteiger partial charge in [-0.25, -0.2) is 0 Å². The fraction of sp³-hybridized carbons (Fsp3) is 0.348. The van der Waals surface area contributed by atoms with E-state index in [-0.39, 0.29) is 5.43 Å². The van der Waals surface area contributed by atoms with Gasteiger partial charge in [0, 0.05) is 24.1 Å². The van der Waals surface area contributed by atoms with E-state index in [1.54, 1.807) is 19.2 Å². The van der Waals surface area contributed by atoms with E-state index in [0.717, 1.165) is 42.0 Å². The highest BCUT2D eigenvalue weighted by Crippen LogP contribution is 2.29. The number of aromatic nitrogens is 1. The van der Waals surface area contributed by atoms with E-state index in [2.05, 4.69) is 9.88 Å². The Bertz CT molecular complexity index is 1230.